The van der Waals surface area contributed by atoms with E-state index < -0.39 is 0 Å². The summed E-state index contributed by atoms with van der Waals surface area (Å²) in [5.41, 5.74) is 7.74. The van der Waals surface area contributed by atoms with Gasteiger partial charge in [-0.25, -0.2) is 0 Å². The third-order valence-corrected chi connectivity index (χ3v) is 3.81. The Hall–Kier alpha value is -1.85. The maximum Gasteiger partial charge on any atom is 0.257 e. The number of nitrogens with two attached hydrogens (primary N) is 1. The summed E-state index contributed by atoms with van der Waals surface area (Å²) >= 11 is 0. The van der Waals surface area contributed by atoms with E-state index in [1.54, 1.807) is 10.9 Å². The van der Waals surface area contributed by atoms with Crippen molar-refractivity contribution in [1.82, 2.24) is 14.7 Å². The lowest BCUT2D eigenvalue weighted by molar-refractivity contribution is 0.0708. The molecule has 22 heavy (non-hydrogen) atoms. The zero-order chi connectivity index (χ0) is 14.7. The molecule has 0 saturated carbocycles. The summed E-state index contributed by atoms with van der Waals surface area (Å²) < 4.78 is 1.80. The van der Waals surface area contributed by atoms with Gasteiger partial charge in [0, 0.05) is 25.3 Å². The molecule has 0 spiro atoms. The minimum absolute atomic E-state index is 0. The maximum absolute atomic E-state index is 12.4. The molecule has 118 valence electrons. The number of rotatable bonds is 3. The van der Waals surface area contributed by atoms with Crippen molar-refractivity contribution in [3.05, 3.63) is 53.9 Å². The molecular weight excluding hydrogens is 300 g/mol. The number of piperidine rings is 1. The largest absolute Gasteiger partial charge is 0.337 e. The van der Waals surface area contributed by atoms with Crippen LogP contribution in [0.2, 0.25) is 0 Å². The number of carbonyl (C=O) groups is 1. The highest BCUT2D eigenvalue weighted by Gasteiger charge is 2.23. The summed E-state index contributed by atoms with van der Waals surface area (Å²) in [5.74, 6) is 0.0319. The maximum atomic E-state index is 12.4. The van der Waals surface area contributed by atoms with E-state index in [-0.39, 0.29) is 24.4 Å². The van der Waals surface area contributed by atoms with E-state index >= 15 is 0 Å². The number of halogens is 1. The van der Waals surface area contributed by atoms with Crippen molar-refractivity contribution in [1.29, 1.82) is 0 Å². The second kappa shape index (κ2) is 7.42. The fourth-order valence-corrected chi connectivity index (χ4v) is 2.71. The quantitative estimate of drug-likeness (QED) is 0.939. The second-order valence-corrected chi connectivity index (χ2v) is 5.57. The Bertz CT molecular complexity index is 614. The number of hydrogen-bond acceptors (Lipinski definition) is 3. The van der Waals surface area contributed by atoms with Gasteiger partial charge in [-0.2, -0.15) is 5.10 Å². The van der Waals surface area contributed by atoms with Crippen LogP contribution in [-0.4, -0.2) is 39.7 Å². The molecule has 1 aliphatic heterocycles. The molecule has 1 unspecified atom stereocenters. The van der Waals surface area contributed by atoms with Crippen LogP contribution in [-0.2, 0) is 6.54 Å². The Morgan fingerprint density at radius 2 is 2.09 bits per heavy atom. The lowest BCUT2D eigenvalue weighted by Gasteiger charge is -2.30. The average Bonchev–Trinajstić information content (AvgIpc) is 2.96. The molecule has 6 heteroatoms. The first kappa shape index (κ1) is 16.5. The molecule has 0 bridgehead atoms. The first-order valence-electron chi connectivity index (χ1n) is 7.33. The Labute approximate surface area is 136 Å². The van der Waals surface area contributed by atoms with Gasteiger partial charge in [-0.3, -0.25) is 9.48 Å². The number of aromatic nitrogens is 2. The van der Waals surface area contributed by atoms with Crippen molar-refractivity contribution < 1.29 is 4.79 Å². The van der Waals surface area contributed by atoms with Crippen molar-refractivity contribution in [2.24, 2.45) is 5.73 Å². The molecule has 0 radical (unpaired) electrons. The molecule has 1 aromatic heterocycles. The molecule has 0 aliphatic carbocycles. The minimum Gasteiger partial charge on any atom is -0.337 e. The van der Waals surface area contributed by atoms with Gasteiger partial charge < -0.3 is 10.6 Å². The average molecular weight is 321 g/mol. The topological polar surface area (TPSA) is 64.2 Å². The Morgan fingerprint density at radius 1 is 1.32 bits per heavy atom. The smallest absolute Gasteiger partial charge is 0.257 e. The van der Waals surface area contributed by atoms with Crippen LogP contribution in [0.25, 0.3) is 0 Å². The first-order chi connectivity index (χ1) is 10.2. The lowest BCUT2D eigenvalue weighted by atomic mass is 10.1. The zero-order valence-electron chi connectivity index (χ0n) is 12.4. The summed E-state index contributed by atoms with van der Waals surface area (Å²) in [6, 6.07) is 10.2. The molecule has 1 aromatic carbocycles. The monoisotopic (exact) mass is 320 g/mol. The lowest BCUT2D eigenvalue weighted by Crippen LogP contribution is -2.45. The fraction of sp³-hybridized carbons (Fsp3) is 0.375. The van der Waals surface area contributed by atoms with E-state index in [4.69, 9.17) is 5.73 Å². The Balaban J connectivity index is 0.00000176. The normalized spacial score (nSPS) is 17.9. The highest BCUT2D eigenvalue weighted by atomic mass is 35.5. The summed E-state index contributed by atoms with van der Waals surface area (Å²) in [4.78, 5) is 14.3. The van der Waals surface area contributed by atoms with E-state index in [9.17, 15) is 4.79 Å². The van der Waals surface area contributed by atoms with Gasteiger partial charge in [-0.15, -0.1) is 12.4 Å². The molecule has 2 aromatic rings. The molecule has 1 aliphatic rings. The van der Waals surface area contributed by atoms with Crippen LogP contribution in [0.15, 0.2) is 42.7 Å². The van der Waals surface area contributed by atoms with Crippen molar-refractivity contribution in [2.45, 2.75) is 25.4 Å². The summed E-state index contributed by atoms with van der Waals surface area (Å²) in [7, 11) is 0. The van der Waals surface area contributed by atoms with Crippen LogP contribution < -0.4 is 5.73 Å². The van der Waals surface area contributed by atoms with E-state index in [0.29, 0.717) is 18.7 Å². The molecule has 2 heterocycles. The van der Waals surface area contributed by atoms with Gasteiger partial charge in [-0.05, 0) is 18.4 Å². The number of carbonyl (C=O) groups excluding carboxylic acids is 1. The third kappa shape index (κ3) is 3.87. The fourth-order valence-electron chi connectivity index (χ4n) is 2.71. The van der Waals surface area contributed by atoms with E-state index in [0.717, 1.165) is 19.4 Å². The van der Waals surface area contributed by atoms with Crippen LogP contribution in [0.3, 0.4) is 0 Å². The van der Waals surface area contributed by atoms with Gasteiger partial charge in [0.05, 0.1) is 18.3 Å². The standard InChI is InChI=1S/C16H20N4O.ClH/c17-15-7-4-8-19(12-15)16(21)14-9-18-20(11-14)10-13-5-2-1-3-6-13;/h1-3,5-6,9,11,15H,4,7-8,10,12,17H2;1H. The molecule has 2 N–H and O–H groups in total. The minimum atomic E-state index is 0. The summed E-state index contributed by atoms with van der Waals surface area (Å²) in [6.07, 6.45) is 5.43. The second-order valence-electron chi connectivity index (χ2n) is 5.57. The van der Waals surface area contributed by atoms with Crippen LogP contribution >= 0.6 is 12.4 Å². The highest BCUT2D eigenvalue weighted by Crippen LogP contribution is 2.13. The van der Waals surface area contributed by atoms with Crippen molar-refractivity contribution in [3.63, 3.8) is 0 Å². The van der Waals surface area contributed by atoms with Crippen molar-refractivity contribution in [2.75, 3.05) is 13.1 Å². The van der Waals surface area contributed by atoms with Gasteiger partial charge >= 0.3 is 0 Å². The van der Waals surface area contributed by atoms with Crippen molar-refractivity contribution >= 4 is 18.3 Å². The first-order valence-corrected chi connectivity index (χ1v) is 7.33. The van der Waals surface area contributed by atoms with Gasteiger partial charge in [-0.1, -0.05) is 30.3 Å². The zero-order valence-corrected chi connectivity index (χ0v) is 13.2. The third-order valence-electron chi connectivity index (χ3n) is 3.81. The number of amides is 1. The van der Waals surface area contributed by atoms with Gasteiger partial charge in [0.25, 0.3) is 5.91 Å². The van der Waals surface area contributed by atoms with Crippen LogP contribution in [0.1, 0.15) is 28.8 Å². The van der Waals surface area contributed by atoms with Gasteiger partial charge in [0.15, 0.2) is 0 Å². The SMILES string of the molecule is Cl.NC1CCCN(C(=O)c2cnn(Cc3ccccc3)c2)C1. The molecular formula is C16H21ClN4O. The van der Waals surface area contributed by atoms with Crippen molar-refractivity contribution in [3.8, 4) is 0 Å². The van der Waals surface area contributed by atoms with E-state index in [1.165, 1.54) is 5.56 Å². The Kier molecular flexibility index (Phi) is 5.57. The highest BCUT2D eigenvalue weighted by molar-refractivity contribution is 5.93. The number of benzene rings is 1. The molecule has 3 rings (SSSR count). The predicted molar refractivity (Wildman–Crippen MR) is 88.1 cm³/mol. The molecule has 1 fully saturated rings. The van der Waals surface area contributed by atoms with Gasteiger partial charge in [0.2, 0.25) is 0 Å². The molecule has 1 atom stereocenters. The van der Waals surface area contributed by atoms with E-state index in [2.05, 4.69) is 5.10 Å². The van der Waals surface area contributed by atoms with Crippen LogP contribution in [0, 0.1) is 0 Å². The van der Waals surface area contributed by atoms with E-state index in [1.807, 2.05) is 41.4 Å². The Morgan fingerprint density at radius 3 is 2.82 bits per heavy atom. The van der Waals surface area contributed by atoms with Crippen LogP contribution in [0.5, 0.6) is 0 Å². The number of nitrogens with zero attached hydrogens (tertiary/aromatic N) is 3. The molecule has 5 nitrogen and oxygen atoms in total. The summed E-state index contributed by atoms with van der Waals surface area (Å²) in [6.45, 7) is 2.10. The number of hydrogen-bond donors (Lipinski definition) is 1. The van der Waals surface area contributed by atoms with Crippen LogP contribution in [0.4, 0.5) is 0 Å². The molecule has 1 amide bonds. The summed E-state index contributed by atoms with van der Waals surface area (Å²) in [5, 5.41) is 4.28. The number of likely N-dealkylation sites (tertiary alicyclic amines) is 1. The van der Waals surface area contributed by atoms with Gasteiger partial charge in [0.1, 0.15) is 0 Å². The predicted octanol–water partition coefficient (Wildman–Crippen LogP) is 1.92. The molecule has 1 saturated heterocycles.